The molecule has 20 heavy (non-hydrogen) atoms. The molecule has 1 saturated heterocycles. The van der Waals surface area contributed by atoms with Gasteiger partial charge in [0, 0.05) is 24.8 Å². The van der Waals surface area contributed by atoms with Crippen molar-refractivity contribution in [3.63, 3.8) is 0 Å². The highest BCUT2D eigenvalue weighted by Gasteiger charge is 2.26. The van der Waals surface area contributed by atoms with E-state index in [1.54, 1.807) is 12.1 Å². The SMILES string of the molecule is CCCNC1CCN(c2cc(Cl)c(F)c(Cl)c2)CC1C. The third-order valence-electron chi connectivity index (χ3n) is 3.90. The Hall–Kier alpha value is -0.510. The van der Waals surface area contributed by atoms with Crippen molar-refractivity contribution in [1.82, 2.24) is 5.32 Å². The van der Waals surface area contributed by atoms with Gasteiger partial charge in [0.2, 0.25) is 0 Å². The third-order valence-corrected chi connectivity index (χ3v) is 4.45. The van der Waals surface area contributed by atoms with E-state index in [2.05, 4.69) is 24.1 Å². The second-order valence-corrected chi connectivity index (χ2v) is 6.31. The molecule has 0 spiro atoms. The quantitative estimate of drug-likeness (QED) is 0.830. The highest BCUT2D eigenvalue weighted by Crippen LogP contribution is 2.31. The van der Waals surface area contributed by atoms with Crippen molar-refractivity contribution in [2.45, 2.75) is 32.7 Å². The van der Waals surface area contributed by atoms with Gasteiger partial charge in [-0.1, -0.05) is 37.0 Å². The minimum atomic E-state index is -0.537. The molecule has 0 amide bonds. The van der Waals surface area contributed by atoms with Gasteiger partial charge in [0.05, 0.1) is 10.0 Å². The summed E-state index contributed by atoms with van der Waals surface area (Å²) in [6.45, 7) is 7.34. The van der Waals surface area contributed by atoms with Crippen LogP contribution in [0.15, 0.2) is 12.1 Å². The van der Waals surface area contributed by atoms with Gasteiger partial charge in [0.15, 0.2) is 5.82 Å². The molecule has 0 bridgehead atoms. The number of benzene rings is 1. The van der Waals surface area contributed by atoms with Gasteiger partial charge in [-0.15, -0.1) is 0 Å². The van der Waals surface area contributed by atoms with Crippen LogP contribution in [0.4, 0.5) is 10.1 Å². The van der Waals surface area contributed by atoms with Gasteiger partial charge in [-0.3, -0.25) is 0 Å². The lowest BCUT2D eigenvalue weighted by Gasteiger charge is -2.39. The van der Waals surface area contributed by atoms with E-state index in [-0.39, 0.29) is 10.0 Å². The molecular formula is C15H21Cl2FN2. The van der Waals surface area contributed by atoms with Gasteiger partial charge in [-0.25, -0.2) is 4.39 Å². The number of piperidine rings is 1. The predicted octanol–water partition coefficient (Wildman–Crippen LogP) is 4.35. The summed E-state index contributed by atoms with van der Waals surface area (Å²) in [5.41, 5.74) is 0.905. The summed E-state index contributed by atoms with van der Waals surface area (Å²) >= 11 is 11.7. The monoisotopic (exact) mass is 318 g/mol. The van der Waals surface area contributed by atoms with Crippen molar-refractivity contribution in [3.8, 4) is 0 Å². The fourth-order valence-electron chi connectivity index (χ4n) is 2.74. The summed E-state index contributed by atoms with van der Waals surface area (Å²) in [4.78, 5) is 2.23. The number of rotatable bonds is 4. The molecule has 1 aliphatic heterocycles. The van der Waals surface area contributed by atoms with E-state index in [4.69, 9.17) is 23.2 Å². The molecule has 2 rings (SSSR count). The van der Waals surface area contributed by atoms with Gasteiger partial charge in [0.1, 0.15) is 0 Å². The van der Waals surface area contributed by atoms with Crippen LogP contribution in [0.25, 0.3) is 0 Å². The van der Waals surface area contributed by atoms with Crippen LogP contribution in [0.2, 0.25) is 10.0 Å². The molecule has 2 atom stereocenters. The molecular weight excluding hydrogens is 298 g/mol. The summed E-state index contributed by atoms with van der Waals surface area (Å²) < 4.78 is 13.5. The summed E-state index contributed by atoms with van der Waals surface area (Å²) in [6, 6.07) is 3.88. The van der Waals surface area contributed by atoms with Crippen LogP contribution in [0.1, 0.15) is 26.7 Å². The van der Waals surface area contributed by atoms with Gasteiger partial charge >= 0.3 is 0 Å². The first-order chi connectivity index (χ1) is 9.52. The summed E-state index contributed by atoms with van der Waals surface area (Å²) in [5, 5.41) is 3.76. The average molecular weight is 319 g/mol. The second kappa shape index (κ2) is 6.97. The van der Waals surface area contributed by atoms with Crippen molar-refractivity contribution in [3.05, 3.63) is 28.0 Å². The zero-order chi connectivity index (χ0) is 14.7. The largest absolute Gasteiger partial charge is 0.371 e. The van der Waals surface area contributed by atoms with Gasteiger partial charge in [-0.2, -0.15) is 0 Å². The number of hydrogen-bond donors (Lipinski definition) is 1. The molecule has 0 aliphatic carbocycles. The highest BCUT2D eigenvalue weighted by molar-refractivity contribution is 6.35. The van der Waals surface area contributed by atoms with Crippen LogP contribution in [0.5, 0.6) is 0 Å². The number of anilines is 1. The van der Waals surface area contributed by atoms with E-state index < -0.39 is 5.82 Å². The molecule has 2 nitrogen and oxygen atoms in total. The van der Waals surface area contributed by atoms with E-state index >= 15 is 0 Å². The molecule has 1 aromatic rings. The number of nitrogens with zero attached hydrogens (tertiary/aromatic N) is 1. The van der Waals surface area contributed by atoms with Crippen molar-refractivity contribution in [1.29, 1.82) is 0 Å². The smallest absolute Gasteiger partial charge is 0.160 e. The summed E-state index contributed by atoms with van der Waals surface area (Å²) in [6.07, 6.45) is 2.23. The zero-order valence-corrected chi connectivity index (χ0v) is 13.4. The van der Waals surface area contributed by atoms with Crippen LogP contribution in [-0.4, -0.2) is 25.7 Å². The maximum Gasteiger partial charge on any atom is 0.160 e. The first-order valence-corrected chi connectivity index (χ1v) is 7.91. The molecule has 0 radical (unpaired) electrons. The molecule has 1 aromatic carbocycles. The Labute approximate surface area is 130 Å². The Morgan fingerprint density at radius 3 is 2.55 bits per heavy atom. The number of halogens is 3. The molecule has 2 unspecified atom stereocenters. The predicted molar refractivity (Wildman–Crippen MR) is 84.5 cm³/mol. The second-order valence-electron chi connectivity index (χ2n) is 5.50. The maximum atomic E-state index is 13.5. The Bertz CT molecular complexity index is 444. The topological polar surface area (TPSA) is 15.3 Å². The maximum absolute atomic E-state index is 13.5. The van der Waals surface area contributed by atoms with Crippen molar-refractivity contribution >= 4 is 28.9 Å². The lowest BCUT2D eigenvalue weighted by molar-refractivity contribution is 0.322. The Morgan fingerprint density at radius 2 is 2.00 bits per heavy atom. The molecule has 1 heterocycles. The Balaban J connectivity index is 2.05. The van der Waals surface area contributed by atoms with Gasteiger partial charge < -0.3 is 10.2 Å². The van der Waals surface area contributed by atoms with Crippen LogP contribution in [-0.2, 0) is 0 Å². The van der Waals surface area contributed by atoms with E-state index in [1.807, 2.05) is 0 Å². The van der Waals surface area contributed by atoms with Crippen molar-refractivity contribution in [2.24, 2.45) is 5.92 Å². The van der Waals surface area contributed by atoms with Crippen LogP contribution < -0.4 is 10.2 Å². The molecule has 1 aliphatic rings. The van der Waals surface area contributed by atoms with Gasteiger partial charge in [-0.05, 0) is 37.4 Å². The third kappa shape index (κ3) is 3.57. The molecule has 0 saturated carbocycles. The molecule has 112 valence electrons. The molecule has 1 fully saturated rings. The van der Waals surface area contributed by atoms with E-state index in [1.165, 1.54) is 0 Å². The minimum Gasteiger partial charge on any atom is -0.371 e. The Kier molecular flexibility index (Phi) is 5.53. The first kappa shape index (κ1) is 15.9. The lowest BCUT2D eigenvalue weighted by Crippen LogP contribution is -2.48. The standard InChI is InChI=1S/C15H21Cl2FN2/c1-3-5-19-14-4-6-20(9-10(14)2)11-7-12(16)15(18)13(17)8-11/h7-8,10,14,19H,3-6,9H2,1-2H3. The zero-order valence-electron chi connectivity index (χ0n) is 11.9. The average Bonchev–Trinajstić information content (AvgIpc) is 2.43. The van der Waals surface area contributed by atoms with Gasteiger partial charge in [0.25, 0.3) is 0 Å². The Morgan fingerprint density at radius 1 is 1.35 bits per heavy atom. The van der Waals surface area contributed by atoms with Crippen LogP contribution in [0, 0.1) is 11.7 Å². The van der Waals surface area contributed by atoms with E-state index in [9.17, 15) is 4.39 Å². The summed E-state index contributed by atoms with van der Waals surface area (Å²) in [7, 11) is 0. The normalized spacial score (nSPS) is 23.1. The number of nitrogens with one attached hydrogen (secondary N) is 1. The number of hydrogen-bond acceptors (Lipinski definition) is 2. The van der Waals surface area contributed by atoms with E-state index in [0.717, 1.165) is 38.2 Å². The first-order valence-electron chi connectivity index (χ1n) is 7.15. The summed E-state index contributed by atoms with van der Waals surface area (Å²) in [5.74, 6) is 0.00235. The molecule has 1 N–H and O–H groups in total. The highest BCUT2D eigenvalue weighted by atomic mass is 35.5. The van der Waals surface area contributed by atoms with E-state index in [0.29, 0.717) is 12.0 Å². The molecule has 0 aromatic heterocycles. The van der Waals surface area contributed by atoms with Crippen LogP contribution >= 0.6 is 23.2 Å². The van der Waals surface area contributed by atoms with Crippen LogP contribution in [0.3, 0.4) is 0 Å². The minimum absolute atomic E-state index is 0.0892. The fourth-order valence-corrected chi connectivity index (χ4v) is 3.21. The van der Waals surface area contributed by atoms with Crippen molar-refractivity contribution in [2.75, 3.05) is 24.5 Å². The lowest BCUT2D eigenvalue weighted by atomic mass is 9.93. The van der Waals surface area contributed by atoms with Crippen molar-refractivity contribution < 1.29 is 4.39 Å². The fraction of sp³-hybridized carbons (Fsp3) is 0.600. The molecule has 5 heteroatoms.